The molecule has 1 aliphatic rings. The maximum absolute atomic E-state index is 4.21. The highest BCUT2D eigenvalue weighted by Gasteiger charge is 2.10. The minimum Gasteiger partial charge on any atom is -0.263 e. The van der Waals surface area contributed by atoms with Crippen LogP contribution in [0.1, 0.15) is 78.1 Å². The lowest BCUT2D eigenvalue weighted by molar-refractivity contribution is 0.526. The molecule has 0 saturated carbocycles. The van der Waals surface area contributed by atoms with Gasteiger partial charge < -0.3 is 0 Å². The van der Waals surface area contributed by atoms with Gasteiger partial charge in [0, 0.05) is 17.3 Å². The number of hydrogen-bond acceptors (Lipinski definition) is 1. The third-order valence-corrected chi connectivity index (χ3v) is 4.82. The van der Waals surface area contributed by atoms with E-state index in [1.165, 1.54) is 69.1 Å². The molecule has 19 heavy (non-hydrogen) atoms. The van der Waals surface area contributed by atoms with Crippen LogP contribution in [0.4, 0.5) is 0 Å². The Bertz CT molecular complexity index is 270. The number of rotatable bonds is 11. The van der Waals surface area contributed by atoms with E-state index in [-0.39, 0.29) is 0 Å². The van der Waals surface area contributed by atoms with E-state index in [0.717, 1.165) is 0 Å². The van der Waals surface area contributed by atoms with E-state index in [4.69, 9.17) is 0 Å². The molecule has 0 saturated heterocycles. The molecule has 1 unspecified atom stereocenters. The highest BCUT2D eigenvalue weighted by atomic mass is 32.2. The summed E-state index contributed by atoms with van der Waals surface area (Å²) in [5, 5.41) is 6.29. The number of hydrogen-bond donors (Lipinski definition) is 0. The lowest BCUT2D eigenvalue weighted by Gasteiger charge is -2.15. The van der Waals surface area contributed by atoms with Crippen LogP contribution >= 0.6 is 11.8 Å². The molecule has 1 aliphatic heterocycles. The fourth-order valence-corrected chi connectivity index (χ4v) is 3.20. The topological polar surface area (TPSA) is 14.1 Å². The molecule has 109 valence electrons. The maximum atomic E-state index is 4.21. The van der Waals surface area contributed by atoms with Crippen molar-refractivity contribution in [1.82, 2.24) is 5.32 Å². The molecule has 1 radical (unpaired) electrons. The molecule has 0 spiro atoms. The molecule has 0 aromatic rings. The summed E-state index contributed by atoms with van der Waals surface area (Å²) in [6, 6.07) is 0. The number of nitrogens with zero attached hydrogens (tertiary/aromatic N) is 1. The number of thioether (sulfide) groups is 1. The second kappa shape index (κ2) is 11.5. The SMILES string of the molecule is CCCCCCCCCCCC(C)C1=C[N]C=CS1. The molecule has 0 bridgehead atoms. The van der Waals surface area contributed by atoms with E-state index >= 15 is 0 Å². The summed E-state index contributed by atoms with van der Waals surface area (Å²) in [6.45, 7) is 4.61. The second-order valence-corrected chi connectivity index (χ2v) is 6.58. The summed E-state index contributed by atoms with van der Waals surface area (Å²) in [5.74, 6) is 0.684. The lowest BCUT2D eigenvalue weighted by Crippen LogP contribution is -2.01. The van der Waals surface area contributed by atoms with Crippen LogP contribution in [0.2, 0.25) is 0 Å². The Hall–Kier alpha value is -0.370. The van der Waals surface area contributed by atoms with Crippen LogP contribution in [-0.2, 0) is 0 Å². The predicted octanol–water partition coefficient (Wildman–Crippen LogP) is 6.21. The van der Waals surface area contributed by atoms with Gasteiger partial charge in [-0.15, -0.1) is 0 Å². The molecule has 0 aromatic heterocycles. The van der Waals surface area contributed by atoms with E-state index in [1.807, 2.05) is 24.2 Å². The van der Waals surface area contributed by atoms with Crippen molar-refractivity contribution in [1.29, 1.82) is 0 Å². The predicted molar refractivity (Wildman–Crippen MR) is 88.0 cm³/mol. The summed E-state index contributed by atoms with van der Waals surface area (Å²) < 4.78 is 0. The van der Waals surface area contributed by atoms with Crippen molar-refractivity contribution in [3.05, 3.63) is 22.7 Å². The largest absolute Gasteiger partial charge is 0.263 e. The van der Waals surface area contributed by atoms with Crippen molar-refractivity contribution in [3.63, 3.8) is 0 Å². The molecule has 2 heteroatoms. The van der Waals surface area contributed by atoms with Crippen molar-refractivity contribution in [3.8, 4) is 0 Å². The van der Waals surface area contributed by atoms with Gasteiger partial charge in [-0.25, -0.2) is 0 Å². The zero-order valence-corrected chi connectivity index (χ0v) is 13.6. The summed E-state index contributed by atoms with van der Waals surface area (Å²) in [4.78, 5) is 1.43. The number of unbranched alkanes of at least 4 members (excludes halogenated alkanes) is 8. The van der Waals surface area contributed by atoms with Crippen molar-refractivity contribution in [2.75, 3.05) is 0 Å². The summed E-state index contributed by atoms with van der Waals surface area (Å²) in [7, 11) is 0. The minimum atomic E-state index is 0.684. The molecule has 0 amide bonds. The first kappa shape index (κ1) is 16.7. The van der Waals surface area contributed by atoms with Crippen molar-refractivity contribution in [2.45, 2.75) is 78.1 Å². The van der Waals surface area contributed by atoms with Crippen LogP contribution < -0.4 is 5.32 Å². The van der Waals surface area contributed by atoms with Gasteiger partial charge in [-0.05, 0) is 17.7 Å². The first-order valence-corrected chi connectivity index (χ1v) is 8.94. The first-order valence-electron chi connectivity index (χ1n) is 8.06. The lowest BCUT2D eigenvalue weighted by atomic mass is 10.0. The van der Waals surface area contributed by atoms with Gasteiger partial charge >= 0.3 is 0 Å². The molecule has 0 aromatic carbocycles. The molecule has 0 aliphatic carbocycles. The number of allylic oxidation sites excluding steroid dienone is 1. The van der Waals surface area contributed by atoms with Gasteiger partial charge in [0.1, 0.15) is 0 Å². The summed E-state index contributed by atoms with van der Waals surface area (Å²) in [5.41, 5.74) is 0. The van der Waals surface area contributed by atoms with Gasteiger partial charge in [0.15, 0.2) is 0 Å². The van der Waals surface area contributed by atoms with Crippen LogP contribution in [0.25, 0.3) is 0 Å². The normalized spacial score (nSPS) is 16.0. The van der Waals surface area contributed by atoms with Crippen LogP contribution in [0, 0.1) is 5.92 Å². The molecule has 1 nitrogen and oxygen atoms in total. The first-order chi connectivity index (χ1) is 9.34. The second-order valence-electron chi connectivity index (χ2n) is 5.60. The van der Waals surface area contributed by atoms with E-state index in [9.17, 15) is 0 Å². The Kier molecular flexibility index (Phi) is 10.1. The van der Waals surface area contributed by atoms with Gasteiger partial charge in [0.25, 0.3) is 0 Å². The van der Waals surface area contributed by atoms with Gasteiger partial charge in [-0.1, -0.05) is 83.4 Å². The molecule has 1 rings (SSSR count). The third kappa shape index (κ3) is 8.41. The molecular weight excluding hydrogens is 250 g/mol. The van der Waals surface area contributed by atoms with Gasteiger partial charge in [0.05, 0.1) is 0 Å². The van der Waals surface area contributed by atoms with Crippen molar-refractivity contribution < 1.29 is 0 Å². The molecular formula is C17H30NS. The molecule has 1 atom stereocenters. The zero-order chi connectivity index (χ0) is 13.8. The van der Waals surface area contributed by atoms with Crippen molar-refractivity contribution in [2.24, 2.45) is 5.92 Å². The molecule has 0 N–H and O–H groups in total. The van der Waals surface area contributed by atoms with E-state index in [2.05, 4.69) is 24.6 Å². The Morgan fingerprint density at radius 2 is 1.63 bits per heavy atom. The highest BCUT2D eigenvalue weighted by Crippen LogP contribution is 2.30. The van der Waals surface area contributed by atoms with E-state index in [0.29, 0.717) is 5.92 Å². The average Bonchev–Trinajstić information content (AvgIpc) is 2.46. The average molecular weight is 281 g/mol. The third-order valence-electron chi connectivity index (χ3n) is 3.78. The Labute approximate surface area is 124 Å². The maximum Gasteiger partial charge on any atom is 0.0369 e. The fraction of sp³-hybridized carbons (Fsp3) is 0.765. The van der Waals surface area contributed by atoms with Crippen LogP contribution in [0.5, 0.6) is 0 Å². The standard InChI is InChI=1S/C17H30NS/c1-3-4-5-6-7-8-9-10-11-12-16(2)17-15-18-13-14-19-17/h13-16H,3-12H2,1-2H3. The molecule has 0 fully saturated rings. The Balaban J connectivity index is 1.89. The van der Waals surface area contributed by atoms with E-state index < -0.39 is 0 Å². The van der Waals surface area contributed by atoms with Gasteiger partial charge in [-0.2, -0.15) is 0 Å². The highest BCUT2D eigenvalue weighted by molar-refractivity contribution is 8.05. The quantitative estimate of drug-likeness (QED) is 0.410. The van der Waals surface area contributed by atoms with Crippen LogP contribution in [0.3, 0.4) is 0 Å². The zero-order valence-electron chi connectivity index (χ0n) is 12.7. The fourth-order valence-electron chi connectivity index (χ4n) is 2.44. The van der Waals surface area contributed by atoms with Gasteiger partial charge in [0.2, 0.25) is 0 Å². The van der Waals surface area contributed by atoms with Gasteiger partial charge in [-0.3, -0.25) is 5.32 Å². The van der Waals surface area contributed by atoms with Crippen molar-refractivity contribution >= 4 is 11.8 Å². The van der Waals surface area contributed by atoms with Crippen LogP contribution in [0.15, 0.2) is 22.7 Å². The Morgan fingerprint density at radius 1 is 1.00 bits per heavy atom. The summed E-state index contributed by atoms with van der Waals surface area (Å²) >= 11 is 1.84. The summed E-state index contributed by atoms with van der Waals surface area (Å²) in [6.07, 6.45) is 18.0. The Morgan fingerprint density at radius 3 is 2.21 bits per heavy atom. The minimum absolute atomic E-state index is 0.684. The monoisotopic (exact) mass is 280 g/mol. The van der Waals surface area contributed by atoms with E-state index in [1.54, 1.807) is 0 Å². The molecule has 1 heterocycles. The smallest absolute Gasteiger partial charge is 0.0369 e. The van der Waals surface area contributed by atoms with Crippen LogP contribution in [-0.4, -0.2) is 0 Å².